The molecule has 136 valence electrons. The molecule has 0 aliphatic carbocycles. The Labute approximate surface area is 168 Å². The molecule has 0 saturated carbocycles. The first-order valence-corrected chi connectivity index (χ1v) is 8.40. The maximum Gasteiger partial charge on any atom is 0.193 e. The summed E-state index contributed by atoms with van der Waals surface area (Å²) < 4.78 is 0. The number of pyridine rings is 1. The molecule has 0 amide bonds. The second-order valence-electron chi connectivity index (χ2n) is 5.66. The van der Waals surface area contributed by atoms with E-state index in [9.17, 15) is 0 Å². The van der Waals surface area contributed by atoms with Gasteiger partial charge in [-0.25, -0.2) is 4.98 Å². The Hall–Kier alpha value is -1.83. The standard InChI is InChI=1S/C19H27N5.HI/c1-20-19(24(2)16-17-10-4-3-5-11-17)23-15-9-8-14-22-18-12-6-7-13-21-18;/h3-7,10-13H,8-9,14-16H2,1-2H3,(H,20,23)(H,21,22);1H. The van der Waals surface area contributed by atoms with Gasteiger partial charge in [-0.1, -0.05) is 36.4 Å². The number of hydrogen-bond donors (Lipinski definition) is 2. The van der Waals surface area contributed by atoms with Crippen LogP contribution >= 0.6 is 24.0 Å². The SMILES string of the molecule is CN=C(NCCCCNc1ccccn1)N(C)Cc1ccccc1.I. The zero-order valence-corrected chi connectivity index (χ0v) is 17.3. The van der Waals surface area contributed by atoms with Crippen molar-refractivity contribution in [3.63, 3.8) is 0 Å². The zero-order chi connectivity index (χ0) is 17.0. The van der Waals surface area contributed by atoms with Crippen molar-refractivity contribution in [3.05, 3.63) is 60.3 Å². The van der Waals surface area contributed by atoms with Crippen molar-refractivity contribution >= 4 is 35.8 Å². The van der Waals surface area contributed by atoms with Crippen LogP contribution in [-0.4, -0.2) is 43.0 Å². The lowest BCUT2D eigenvalue weighted by Gasteiger charge is -2.22. The molecule has 0 unspecified atom stereocenters. The topological polar surface area (TPSA) is 52.6 Å². The first kappa shape index (κ1) is 21.2. The Kier molecular flexibility index (Phi) is 10.6. The summed E-state index contributed by atoms with van der Waals surface area (Å²) in [6, 6.07) is 16.3. The van der Waals surface area contributed by atoms with Gasteiger partial charge in [0.1, 0.15) is 5.82 Å². The lowest BCUT2D eigenvalue weighted by Crippen LogP contribution is -2.38. The Bertz CT molecular complexity index is 604. The van der Waals surface area contributed by atoms with Crippen LogP contribution in [0.3, 0.4) is 0 Å². The molecule has 1 aromatic carbocycles. The van der Waals surface area contributed by atoms with E-state index in [0.29, 0.717) is 0 Å². The lowest BCUT2D eigenvalue weighted by atomic mass is 10.2. The number of benzene rings is 1. The molecule has 0 aliphatic heterocycles. The fourth-order valence-electron chi connectivity index (χ4n) is 2.45. The maximum atomic E-state index is 4.36. The van der Waals surface area contributed by atoms with Crippen LogP contribution in [0.15, 0.2) is 59.7 Å². The van der Waals surface area contributed by atoms with Gasteiger partial charge in [-0.2, -0.15) is 0 Å². The highest BCUT2D eigenvalue weighted by molar-refractivity contribution is 14.0. The number of unbranched alkanes of at least 4 members (excludes halogenated alkanes) is 1. The van der Waals surface area contributed by atoms with Crippen molar-refractivity contribution in [2.45, 2.75) is 19.4 Å². The summed E-state index contributed by atoms with van der Waals surface area (Å²) in [6.45, 7) is 2.69. The fraction of sp³-hybridized carbons (Fsp3) is 0.368. The fourth-order valence-corrected chi connectivity index (χ4v) is 2.45. The molecular weight excluding hydrogens is 425 g/mol. The number of anilines is 1. The van der Waals surface area contributed by atoms with E-state index in [1.807, 2.05) is 31.3 Å². The summed E-state index contributed by atoms with van der Waals surface area (Å²) in [4.78, 5) is 10.7. The Morgan fingerprint density at radius 2 is 1.76 bits per heavy atom. The number of aromatic nitrogens is 1. The minimum Gasteiger partial charge on any atom is -0.370 e. The number of rotatable bonds is 8. The van der Waals surface area contributed by atoms with E-state index in [2.05, 4.69) is 56.8 Å². The summed E-state index contributed by atoms with van der Waals surface area (Å²) in [7, 11) is 3.89. The lowest BCUT2D eigenvalue weighted by molar-refractivity contribution is 0.475. The van der Waals surface area contributed by atoms with Gasteiger partial charge >= 0.3 is 0 Å². The average Bonchev–Trinajstić information content (AvgIpc) is 2.63. The van der Waals surface area contributed by atoms with Gasteiger partial charge in [-0.3, -0.25) is 4.99 Å². The van der Waals surface area contributed by atoms with E-state index in [-0.39, 0.29) is 24.0 Å². The van der Waals surface area contributed by atoms with E-state index in [1.54, 1.807) is 6.20 Å². The largest absolute Gasteiger partial charge is 0.370 e. The van der Waals surface area contributed by atoms with Crippen LogP contribution in [0.5, 0.6) is 0 Å². The van der Waals surface area contributed by atoms with Gasteiger partial charge in [-0.05, 0) is 30.5 Å². The number of guanidine groups is 1. The third-order valence-electron chi connectivity index (χ3n) is 3.69. The quantitative estimate of drug-likeness (QED) is 0.278. The minimum absolute atomic E-state index is 0. The van der Waals surface area contributed by atoms with Gasteiger partial charge in [0.15, 0.2) is 5.96 Å². The van der Waals surface area contributed by atoms with Gasteiger partial charge in [0, 0.05) is 39.9 Å². The smallest absolute Gasteiger partial charge is 0.193 e. The highest BCUT2D eigenvalue weighted by atomic mass is 127. The van der Waals surface area contributed by atoms with Crippen molar-refractivity contribution in [1.82, 2.24) is 15.2 Å². The normalized spacial score (nSPS) is 10.7. The van der Waals surface area contributed by atoms with Gasteiger partial charge in [0.05, 0.1) is 0 Å². The van der Waals surface area contributed by atoms with Crippen molar-refractivity contribution < 1.29 is 0 Å². The van der Waals surface area contributed by atoms with Crippen molar-refractivity contribution in [3.8, 4) is 0 Å². The third-order valence-corrected chi connectivity index (χ3v) is 3.69. The summed E-state index contributed by atoms with van der Waals surface area (Å²) in [6.07, 6.45) is 3.97. The van der Waals surface area contributed by atoms with Crippen LogP contribution < -0.4 is 10.6 Å². The average molecular weight is 453 g/mol. The van der Waals surface area contributed by atoms with Gasteiger partial charge in [-0.15, -0.1) is 24.0 Å². The predicted octanol–water partition coefficient (Wildman–Crippen LogP) is 3.60. The first-order valence-electron chi connectivity index (χ1n) is 8.40. The number of aliphatic imine (C=N–C) groups is 1. The molecule has 0 radical (unpaired) electrons. The van der Waals surface area contributed by atoms with Crippen LogP contribution in [0.4, 0.5) is 5.82 Å². The highest BCUT2D eigenvalue weighted by Gasteiger charge is 2.05. The van der Waals surface area contributed by atoms with Crippen LogP contribution in [0.25, 0.3) is 0 Å². The van der Waals surface area contributed by atoms with Crippen molar-refractivity contribution in [2.24, 2.45) is 4.99 Å². The second-order valence-corrected chi connectivity index (χ2v) is 5.66. The molecular formula is C19H28IN5. The molecule has 2 N–H and O–H groups in total. The molecule has 0 fully saturated rings. The molecule has 1 aromatic heterocycles. The van der Waals surface area contributed by atoms with Gasteiger partial charge < -0.3 is 15.5 Å². The molecule has 2 rings (SSSR count). The molecule has 2 aromatic rings. The Morgan fingerprint density at radius 3 is 2.44 bits per heavy atom. The van der Waals surface area contributed by atoms with Gasteiger partial charge in [0.2, 0.25) is 0 Å². The summed E-state index contributed by atoms with van der Waals surface area (Å²) in [5.74, 6) is 1.86. The maximum absolute atomic E-state index is 4.36. The highest BCUT2D eigenvalue weighted by Crippen LogP contribution is 2.03. The van der Waals surface area contributed by atoms with Crippen molar-refractivity contribution in [1.29, 1.82) is 0 Å². The van der Waals surface area contributed by atoms with E-state index in [1.165, 1.54) is 5.56 Å². The molecule has 6 heteroatoms. The van der Waals surface area contributed by atoms with E-state index in [4.69, 9.17) is 0 Å². The van der Waals surface area contributed by atoms with E-state index < -0.39 is 0 Å². The van der Waals surface area contributed by atoms with Crippen LogP contribution in [0, 0.1) is 0 Å². The minimum atomic E-state index is 0. The van der Waals surface area contributed by atoms with Crippen LogP contribution in [0.2, 0.25) is 0 Å². The van der Waals surface area contributed by atoms with Crippen LogP contribution in [-0.2, 0) is 6.54 Å². The second kappa shape index (κ2) is 12.5. The Morgan fingerprint density at radius 1 is 1.04 bits per heavy atom. The molecule has 1 heterocycles. The number of nitrogens with zero attached hydrogens (tertiary/aromatic N) is 3. The molecule has 0 aliphatic rings. The number of nitrogens with one attached hydrogen (secondary N) is 2. The summed E-state index contributed by atoms with van der Waals surface area (Å²) >= 11 is 0. The van der Waals surface area contributed by atoms with Gasteiger partial charge in [0.25, 0.3) is 0 Å². The molecule has 0 atom stereocenters. The zero-order valence-electron chi connectivity index (χ0n) is 15.0. The molecule has 0 saturated heterocycles. The first-order chi connectivity index (χ1) is 11.8. The van der Waals surface area contributed by atoms with Crippen LogP contribution in [0.1, 0.15) is 18.4 Å². The number of hydrogen-bond acceptors (Lipinski definition) is 3. The molecule has 0 spiro atoms. The van der Waals surface area contributed by atoms with E-state index >= 15 is 0 Å². The summed E-state index contributed by atoms with van der Waals surface area (Å²) in [5, 5.41) is 6.74. The Balaban J connectivity index is 0.00000312. The molecule has 5 nitrogen and oxygen atoms in total. The molecule has 25 heavy (non-hydrogen) atoms. The monoisotopic (exact) mass is 453 g/mol. The summed E-state index contributed by atoms with van der Waals surface area (Å²) in [5.41, 5.74) is 1.28. The van der Waals surface area contributed by atoms with E-state index in [0.717, 1.165) is 44.3 Å². The number of halogens is 1. The molecule has 0 bridgehead atoms. The third kappa shape index (κ3) is 8.20. The van der Waals surface area contributed by atoms with Crippen molar-refractivity contribution in [2.75, 3.05) is 32.5 Å². The predicted molar refractivity (Wildman–Crippen MR) is 117 cm³/mol.